The molecule has 4 aromatic rings. The lowest BCUT2D eigenvalue weighted by atomic mass is 10.0. The number of methoxy groups -OCH3 is 1. The standard InChI is InChI=1S/C28H23NO6/c1-34-28(33)23-17-22(20-13-7-3-8-14-20)24(29(23)18-19-11-5-2-6-12-19)25(26(30)31)35-27(32)21-15-9-4-10-16-21/h2-17,25H,18H2,1H3,(H,30,31). The maximum absolute atomic E-state index is 12.9. The Morgan fingerprint density at radius 1 is 0.829 bits per heavy atom. The van der Waals surface area contributed by atoms with Crippen LogP contribution in [0.1, 0.15) is 38.2 Å². The van der Waals surface area contributed by atoms with Crippen LogP contribution in [0.4, 0.5) is 0 Å². The zero-order valence-electron chi connectivity index (χ0n) is 19.0. The molecule has 35 heavy (non-hydrogen) atoms. The second kappa shape index (κ2) is 10.5. The van der Waals surface area contributed by atoms with Crippen LogP contribution < -0.4 is 0 Å². The summed E-state index contributed by atoms with van der Waals surface area (Å²) in [5.41, 5.74) is 2.48. The summed E-state index contributed by atoms with van der Waals surface area (Å²) in [6.45, 7) is 0.167. The van der Waals surface area contributed by atoms with Crippen LogP contribution >= 0.6 is 0 Å². The Hall–Kier alpha value is -4.65. The van der Waals surface area contributed by atoms with E-state index >= 15 is 0 Å². The summed E-state index contributed by atoms with van der Waals surface area (Å²) in [5, 5.41) is 10.2. The van der Waals surface area contributed by atoms with E-state index in [1.165, 1.54) is 7.11 Å². The average molecular weight is 469 g/mol. The molecule has 7 heteroatoms. The lowest BCUT2D eigenvalue weighted by molar-refractivity contribution is -0.147. The van der Waals surface area contributed by atoms with Crippen molar-refractivity contribution < 1.29 is 29.0 Å². The Balaban J connectivity index is 1.91. The van der Waals surface area contributed by atoms with E-state index in [4.69, 9.17) is 9.47 Å². The fourth-order valence-corrected chi connectivity index (χ4v) is 3.88. The van der Waals surface area contributed by atoms with Gasteiger partial charge >= 0.3 is 17.9 Å². The Kier molecular flexibility index (Phi) is 7.07. The fourth-order valence-electron chi connectivity index (χ4n) is 3.88. The van der Waals surface area contributed by atoms with Gasteiger partial charge in [-0.1, -0.05) is 78.9 Å². The summed E-state index contributed by atoms with van der Waals surface area (Å²) in [7, 11) is 1.26. The van der Waals surface area contributed by atoms with Crippen molar-refractivity contribution >= 4 is 17.9 Å². The number of benzene rings is 3. The van der Waals surface area contributed by atoms with Crippen LogP contribution in [0.2, 0.25) is 0 Å². The summed E-state index contributed by atoms with van der Waals surface area (Å²) in [6, 6.07) is 28.0. The monoisotopic (exact) mass is 469 g/mol. The van der Waals surface area contributed by atoms with Gasteiger partial charge in [0.05, 0.1) is 18.4 Å². The van der Waals surface area contributed by atoms with Gasteiger partial charge in [0.15, 0.2) is 0 Å². The highest BCUT2D eigenvalue weighted by atomic mass is 16.6. The zero-order valence-corrected chi connectivity index (χ0v) is 19.0. The first-order valence-corrected chi connectivity index (χ1v) is 10.9. The van der Waals surface area contributed by atoms with Gasteiger partial charge in [0.2, 0.25) is 6.10 Å². The van der Waals surface area contributed by atoms with Gasteiger partial charge in [-0.25, -0.2) is 14.4 Å². The van der Waals surface area contributed by atoms with Crippen LogP contribution in [0, 0.1) is 0 Å². The van der Waals surface area contributed by atoms with E-state index in [2.05, 4.69) is 0 Å². The summed E-state index contributed by atoms with van der Waals surface area (Å²) in [4.78, 5) is 38.1. The molecule has 0 aliphatic heterocycles. The molecule has 1 N–H and O–H groups in total. The van der Waals surface area contributed by atoms with Crippen LogP contribution in [0.15, 0.2) is 97.1 Å². The van der Waals surface area contributed by atoms with Gasteiger partial charge < -0.3 is 19.1 Å². The molecule has 176 valence electrons. The Morgan fingerprint density at radius 3 is 1.97 bits per heavy atom. The molecular weight excluding hydrogens is 446 g/mol. The van der Waals surface area contributed by atoms with E-state index in [1.54, 1.807) is 65.2 Å². The van der Waals surface area contributed by atoms with Gasteiger partial charge in [0.25, 0.3) is 0 Å². The van der Waals surface area contributed by atoms with Gasteiger partial charge in [-0.05, 0) is 29.3 Å². The molecule has 1 unspecified atom stereocenters. The SMILES string of the molecule is COC(=O)c1cc(-c2ccccc2)c(C(OC(=O)c2ccccc2)C(=O)O)n1Cc1ccccc1. The van der Waals surface area contributed by atoms with Crippen molar-refractivity contribution in [3.63, 3.8) is 0 Å². The van der Waals surface area contributed by atoms with Gasteiger partial charge in [0, 0.05) is 12.1 Å². The van der Waals surface area contributed by atoms with Crippen LogP contribution in [-0.4, -0.2) is 34.7 Å². The molecule has 0 radical (unpaired) electrons. The number of esters is 2. The van der Waals surface area contributed by atoms with E-state index < -0.39 is 24.0 Å². The number of carboxylic acid groups (broad SMARTS) is 1. The maximum Gasteiger partial charge on any atom is 0.354 e. The van der Waals surface area contributed by atoms with E-state index in [-0.39, 0.29) is 23.5 Å². The molecule has 0 amide bonds. The van der Waals surface area contributed by atoms with Gasteiger partial charge in [0.1, 0.15) is 5.69 Å². The van der Waals surface area contributed by atoms with Crippen LogP contribution in [0.5, 0.6) is 0 Å². The molecule has 0 aliphatic carbocycles. The smallest absolute Gasteiger partial charge is 0.354 e. The average Bonchev–Trinajstić information content (AvgIpc) is 3.26. The third-order valence-corrected chi connectivity index (χ3v) is 5.51. The lowest BCUT2D eigenvalue weighted by Crippen LogP contribution is -2.24. The zero-order chi connectivity index (χ0) is 24.8. The molecule has 0 spiro atoms. The Bertz CT molecular complexity index is 1330. The molecule has 1 heterocycles. The first kappa shape index (κ1) is 23.5. The first-order valence-electron chi connectivity index (χ1n) is 10.9. The molecule has 0 saturated carbocycles. The molecule has 0 fully saturated rings. The van der Waals surface area contributed by atoms with Crippen molar-refractivity contribution in [1.82, 2.24) is 4.57 Å². The topological polar surface area (TPSA) is 94.8 Å². The number of rotatable bonds is 8. The van der Waals surface area contributed by atoms with Crippen molar-refractivity contribution in [3.8, 4) is 11.1 Å². The number of carbonyl (C=O) groups is 3. The van der Waals surface area contributed by atoms with Crippen LogP contribution in [0.25, 0.3) is 11.1 Å². The number of aromatic nitrogens is 1. The third-order valence-electron chi connectivity index (χ3n) is 5.51. The molecule has 4 rings (SSSR count). The normalized spacial score (nSPS) is 11.5. The minimum absolute atomic E-state index is 0.146. The minimum Gasteiger partial charge on any atom is -0.478 e. The molecule has 0 saturated heterocycles. The number of hydrogen-bond donors (Lipinski definition) is 1. The predicted octanol–water partition coefficient (Wildman–Crippen LogP) is 4.97. The van der Waals surface area contributed by atoms with Crippen molar-refractivity contribution in [2.75, 3.05) is 7.11 Å². The van der Waals surface area contributed by atoms with E-state index in [9.17, 15) is 19.5 Å². The molecule has 3 aromatic carbocycles. The number of carbonyl (C=O) groups excluding carboxylic acids is 2. The molecule has 1 aromatic heterocycles. The van der Waals surface area contributed by atoms with Crippen molar-refractivity contribution in [2.45, 2.75) is 12.6 Å². The Morgan fingerprint density at radius 2 is 1.40 bits per heavy atom. The highest BCUT2D eigenvalue weighted by molar-refractivity contribution is 5.94. The van der Waals surface area contributed by atoms with Crippen LogP contribution in [-0.2, 0) is 20.8 Å². The summed E-state index contributed by atoms with van der Waals surface area (Å²) < 4.78 is 12.1. The van der Waals surface area contributed by atoms with Crippen molar-refractivity contribution in [2.24, 2.45) is 0 Å². The second-order valence-electron chi connectivity index (χ2n) is 7.75. The van der Waals surface area contributed by atoms with E-state index in [0.717, 1.165) is 5.56 Å². The number of carboxylic acids is 1. The molecule has 0 aliphatic rings. The fraction of sp³-hybridized carbons (Fsp3) is 0.107. The number of hydrogen-bond acceptors (Lipinski definition) is 5. The number of nitrogens with zero attached hydrogens (tertiary/aromatic N) is 1. The minimum atomic E-state index is -1.68. The first-order chi connectivity index (χ1) is 17.0. The van der Waals surface area contributed by atoms with Crippen molar-refractivity contribution in [3.05, 3.63) is 120 Å². The highest BCUT2D eigenvalue weighted by Gasteiger charge is 2.34. The van der Waals surface area contributed by atoms with Crippen LogP contribution in [0.3, 0.4) is 0 Å². The number of aliphatic carboxylic acids is 1. The third kappa shape index (κ3) is 5.14. The Labute approximate surface area is 202 Å². The molecule has 0 bridgehead atoms. The van der Waals surface area contributed by atoms with Gasteiger partial charge in [-0.2, -0.15) is 0 Å². The summed E-state index contributed by atoms with van der Waals surface area (Å²) >= 11 is 0. The molecule has 7 nitrogen and oxygen atoms in total. The second-order valence-corrected chi connectivity index (χ2v) is 7.75. The highest BCUT2D eigenvalue weighted by Crippen LogP contribution is 2.35. The van der Waals surface area contributed by atoms with Gasteiger partial charge in [-0.15, -0.1) is 0 Å². The number of ether oxygens (including phenoxy) is 2. The quantitative estimate of drug-likeness (QED) is 0.366. The maximum atomic E-state index is 12.9. The van der Waals surface area contributed by atoms with E-state index in [1.807, 2.05) is 36.4 Å². The lowest BCUT2D eigenvalue weighted by Gasteiger charge is -2.20. The predicted molar refractivity (Wildman–Crippen MR) is 129 cm³/mol. The summed E-state index contributed by atoms with van der Waals surface area (Å²) in [5.74, 6) is -2.79. The molecular formula is C28H23NO6. The molecule has 1 atom stereocenters. The van der Waals surface area contributed by atoms with Crippen molar-refractivity contribution in [1.29, 1.82) is 0 Å². The largest absolute Gasteiger partial charge is 0.478 e. The van der Waals surface area contributed by atoms with E-state index in [0.29, 0.717) is 11.1 Å². The summed E-state index contributed by atoms with van der Waals surface area (Å²) in [6.07, 6.45) is -1.68. The van der Waals surface area contributed by atoms with Gasteiger partial charge in [-0.3, -0.25) is 0 Å².